The first-order chi connectivity index (χ1) is 2.77. The van der Waals surface area contributed by atoms with Crippen LogP contribution in [0.1, 0.15) is 6.92 Å². The third-order valence-corrected chi connectivity index (χ3v) is 0.235. The lowest BCUT2D eigenvalue weighted by molar-refractivity contribution is 0.213. The van der Waals surface area contributed by atoms with Crippen LogP contribution in [-0.2, 0) is 4.84 Å². The maximum atomic E-state index is 5.03. The van der Waals surface area contributed by atoms with E-state index in [4.69, 9.17) is 5.73 Å². The number of oxime groups is 1. The van der Waals surface area contributed by atoms with Crippen molar-refractivity contribution in [1.82, 2.24) is 0 Å². The Morgan fingerprint density at radius 2 is 2.33 bits per heavy atom. The maximum absolute atomic E-state index is 5.03. The van der Waals surface area contributed by atoms with Gasteiger partial charge in [-0.15, -0.1) is 0 Å². The molecular weight excluding hydrogens is 80.0 g/mol. The van der Waals surface area contributed by atoms with Gasteiger partial charge in [0.2, 0.25) is 0 Å². The van der Waals surface area contributed by atoms with Crippen molar-refractivity contribution in [3.63, 3.8) is 0 Å². The second-order valence-corrected chi connectivity index (χ2v) is 0.915. The SMILES string of the molecule is CO/N=C(\C)N. The third kappa shape index (κ3) is 3.27. The minimum atomic E-state index is 0.442. The van der Waals surface area contributed by atoms with Gasteiger partial charge in [-0.05, 0) is 6.92 Å². The summed E-state index contributed by atoms with van der Waals surface area (Å²) in [6.07, 6.45) is 0. The van der Waals surface area contributed by atoms with Gasteiger partial charge in [-0.25, -0.2) is 0 Å². The second-order valence-electron chi connectivity index (χ2n) is 0.915. The van der Waals surface area contributed by atoms with Crippen molar-refractivity contribution in [2.24, 2.45) is 10.9 Å². The van der Waals surface area contributed by atoms with Gasteiger partial charge in [-0.2, -0.15) is 0 Å². The predicted octanol–water partition coefficient (Wildman–Crippen LogP) is -0.0751. The van der Waals surface area contributed by atoms with Crippen molar-refractivity contribution in [1.29, 1.82) is 0 Å². The molecule has 0 unspecified atom stereocenters. The van der Waals surface area contributed by atoms with Crippen LogP contribution in [0.25, 0.3) is 0 Å². The third-order valence-electron chi connectivity index (χ3n) is 0.235. The van der Waals surface area contributed by atoms with Gasteiger partial charge in [-0.3, -0.25) is 0 Å². The minimum Gasteiger partial charge on any atom is -0.398 e. The fourth-order valence-corrected chi connectivity index (χ4v) is 0.144. The Hall–Kier alpha value is -0.730. The molecule has 6 heavy (non-hydrogen) atoms. The first-order valence-electron chi connectivity index (χ1n) is 1.60. The van der Waals surface area contributed by atoms with Crippen LogP contribution in [0.2, 0.25) is 0 Å². The molecule has 0 aromatic rings. The Kier molecular flexibility index (Phi) is 2.20. The number of rotatable bonds is 1. The highest BCUT2D eigenvalue weighted by Crippen LogP contribution is 1.63. The van der Waals surface area contributed by atoms with E-state index in [0.717, 1.165) is 0 Å². The number of amidine groups is 1. The van der Waals surface area contributed by atoms with Crippen molar-refractivity contribution in [3.8, 4) is 0 Å². The summed E-state index contributed by atoms with van der Waals surface area (Å²) >= 11 is 0. The van der Waals surface area contributed by atoms with Crippen molar-refractivity contribution in [2.45, 2.75) is 6.92 Å². The second kappa shape index (κ2) is 2.50. The number of nitrogens with two attached hydrogens (primary N) is 1. The number of hydrogen-bond donors (Lipinski definition) is 1. The summed E-state index contributed by atoms with van der Waals surface area (Å²) in [5.74, 6) is 0.442. The Morgan fingerprint density at radius 3 is 2.33 bits per heavy atom. The molecule has 0 saturated heterocycles. The van der Waals surface area contributed by atoms with E-state index >= 15 is 0 Å². The molecule has 0 saturated carbocycles. The Balaban J connectivity index is 3.14. The molecule has 0 aliphatic carbocycles. The van der Waals surface area contributed by atoms with Crippen LogP contribution >= 0.6 is 0 Å². The van der Waals surface area contributed by atoms with E-state index in [2.05, 4.69) is 9.99 Å². The van der Waals surface area contributed by atoms with Crippen LogP contribution in [0.15, 0.2) is 5.16 Å². The van der Waals surface area contributed by atoms with E-state index in [0.29, 0.717) is 5.84 Å². The zero-order chi connectivity index (χ0) is 4.99. The van der Waals surface area contributed by atoms with Gasteiger partial charge in [0.15, 0.2) is 0 Å². The molecule has 0 aliphatic heterocycles. The Morgan fingerprint density at radius 1 is 1.83 bits per heavy atom. The molecule has 2 N–H and O–H groups in total. The lowest BCUT2D eigenvalue weighted by atomic mass is 10.7. The predicted molar refractivity (Wildman–Crippen MR) is 24.3 cm³/mol. The van der Waals surface area contributed by atoms with Crippen molar-refractivity contribution in [3.05, 3.63) is 0 Å². The highest BCUT2D eigenvalue weighted by atomic mass is 16.6. The smallest absolute Gasteiger partial charge is 0.136 e. The molecular formula is C3H8N2O. The average Bonchev–Trinajstić information content (AvgIpc) is 1.35. The van der Waals surface area contributed by atoms with E-state index in [1.807, 2.05) is 0 Å². The molecule has 0 aromatic carbocycles. The molecule has 0 fully saturated rings. The summed E-state index contributed by atoms with van der Waals surface area (Å²) in [6.45, 7) is 1.66. The monoisotopic (exact) mass is 88.1 g/mol. The highest BCUT2D eigenvalue weighted by molar-refractivity contribution is 5.76. The summed E-state index contributed by atoms with van der Waals surface area (Å²) in [5.41, 5.74) is 5.03. The fourth-order valence-electron chi connectivity index (χ4n) is 0.144. The summed E-state index contributed by atoms with van der Waals surface area (Å²) in [7, 11) is 1.45. The van der Waals surface area contributed by atoms with Gasteiger partial charge in [0.05, 0.1) is 0 Å². The molecule has 0 rings (SSSR count). The minimum absolute atomic E-state index is 0.442. The van der Waals surface area contributed by atoms with Gasteiger partial charge >= 0.3 is 0 Å². The summed E-state index contributed by atoms with van der Waals surface area (Å²) in [4.78, 5) is 4.27. The van der Waals surface area contributed by atoms with E-state index in [1.54, 1.807) is 6.92 Å². The molecule has 0 aromatic heterocycles. The van der Waals surface area contributed by atoms with Gasteiger partial charge in [0, 0.05) is 0 Å². The molecule has 0 radical (unpaired) electrons. The molecule has 0 heterocycles. The first-order valence-corrected chi connectivity index (χ1v) is 1.60. The lowest BCUT2D eigenvalue weighted by Crippen LogP contribution is -2.04. The van der Waals surface area contributed by atoms with Crippen LogP contribution in [0.3, 0.4) is 0 Å². The molecule has 0 amide bonds. The van der Waals surface area contributed by atoms with E-state index in [-0.39, 0.29) is 0 Å². The Bertz CT molecular complexity index is 55.8. The van der Waals surface area contributed by atoms with Gasteiger partial charge in [0.25, 0.3) is 0 Å². The quantitative estimate of drug-likeness (QED) is 0.277. The van der Waals surface area contributed by atoms with Crippen molar-refractivity contribution in [2.75, 3.05) is 7.11 Å². The van der Waals surface area contributed by atoms with Gasteiger partial charge in [0.1, 0.15) is 12.9 Å². The van der Waals surface area contributed by atoms with Crippen LogP contribution < -0.4 is 5.73 Å². The molecule has 0 atom stereocenters. The normalized spacial score (nSPS) is 11.3. The summed E-state index contributed by atoms with van der Waals surface area (Å²) in [5, 5.41) is 3.32. The zero-order valence-corrected chi connectivity index (χ0v) is 3.93. The molecule has 0 aliphatic rings. The van der Waals surface area contributed by atoms with E-state index in [9.17, 15) is 0 Å². The fraction of sp³-hybridized carbons (Fsp3) is 0.667. The lowest BCUT2D eigenvalue weighted by Gasteiger charge is -1.83. The largest absolute Gasteiger partial charge is 0.398 e. The topological polar surface area (TPSA) is 47.6 Å². The van der Waals surface area contributed by atoms with Crippen LogP contribution in [-0.4, -0.2) is 12.9 Å². The Labute approximate surface area is 36.8 Å². The molecule has 0 bridgehead atoms. The van der Waals surface area contributed by atoms with Crippen LogP contribution in [0.4, 0.5) is 0 Å². The van der Waals surface area contributed by atoms with E-state index in [1.165, 1.54) is 7.11 Å². The standard InChI is InChI=1S/C3H8N2O/c1-3(4)5-6-2/h1-2H3,(H2,4,5). The molecule has 3 nitrogen and oxygen atoms in total. The average molecular weight is 88.1 g/mol. The van der Waals surface area contributed by atoms with Crippen molar-refractivity contribution < 1.29 is 4.84 Å². The zero-order valence-electron chi connectivity index (χ0n) is 3.93. The van der Waals surface area contributed by atoms with Crippen LogP contribution in [0.5, 0.6) is 0 Å². The van der Waals surface area contributed by atoms with Gasteiger partial charge < -0.3 is 10.6 Å². The van der Waals surface area contributed by atoms with Crippen LogP contribution in [0, 0.1) is 0 Å². The summed E-state index contributed by atoms with van der Waals surface area (Å²) < 4.78 is 0. The summed E-state index contributed by atoms with van der Waals surface area (Å²) in [6, 6.07) is 0. The molecule has 36 valence electrons. The molecule has 0 spiro atoms. The molecule has 3 heteroatoms. The van der Waals surface area contributed by atoms with Crippen molar-refractivity contribution >= 4 is 5.84 Å². The van der Waals surface area contributed by atoms with E-state index < -0.39 is 0 Å². The number of hydrogen-bond acceptors (Lipinski definition) is 2. The first kappa shape index (κ1) is 5.27. The van der Waals surface area contributed by atoms with Gasteiger partial charge in [-0.1, -0.05) is 5.16 Å². The maximum Gasteiger partial charge on any atom is 0.136 e. The highest BCUT2D eigenvalue weighted by Gasteiger charge is 1.68. The number of nitrogens with zero attached hydrogens (tertiary/aromatic N) is 1.